The summed E-state index contributed by atoms with van der Waals surface area (Å²) in [6.45, 7) is 0.826. The van der Waals surface area contributed by atoms with Crippen LogP contribution in [-0.4, -0.2) is 36.7 Å². The first kappa shape index (κ1) is 23.5. The Hall–Kier alpha value is -4.66. The maximum atomic E-state index is 13.2. The fourth-order valence-electron chi connectivity index (χ4n) is 3.57. The molecule has 9 nitrogen and oxygen atoms in total. The average Bonchev–Trinajstić information content (AvgIpc) is 2.87. The molecule has 1 aliphatic rings. The Morgan fingerprint density at radius 2 is 1.43 bits per heavy atom. The van der Waals surface area contributed by atoms with Gasteiger partial charge in [-0.05, 0) is 36.4 Å². The first-order valence-corrected chi connectivity index (χ1v) is 10.9. The van der Waals surface area contributed by atoms with E-state index in [1.165, 1.54) is 24.3 Å². The van der Waals surface area contributed by atoms with Crippen molar-refractivity contribution < 1.29 is 28.7 Å². The number of nitrogens with two attached hydrogens (primary N) is 1. The number of hydrogen-bond acceptors (Lipinski definition) is 6. The van der Waals surface area contributed by atoms with Crippen molar-refractivity contribution in [2.24, 2.45) is 11.7 Å². The van der Waals surface area contributed by atoms with E-state index >= 15 is 0 Å². The molecule has 4 N–H and O–H groups in total. The maximum Gasteiger partial charge on any atom is 0.248 e. The Kier molecular flexibility index (Phi) is 7.06. The minimum absolute atomic E-state index is 0.291. The molecule has 3 aromatic rings. The molecular weight excluding hydrogens is 450 g/mol. The zero-order valence-electron chi connectivity index (χ0n) is 18.7. The van der Waals surface area contributed by atoms with E-state index in [1.54, 1.807) is 48.5 Å². The Morgan fingerprint density at radius 1 is 0.771 bits per heavy atom. The first-order valence-electron chi connectivity index (χ1n) is 10.9. The number of ketones is 1. The highest BCUT2D eigenvalue weighted by atomic mass is 16.6. The number of rotatable bonds is 8. The summed E-state index contributed by atoms with van der Waals surface area (Å²) in [7, 11) is 0. The van der Waals surface area contributed by atoms with Gasteiger partial charge in [-0.25, -0.2) is 0 Å². The van der Waals surface area contributed by atoms with Crippen molar-refractivity contribution >= 4 is 34.9 Å². The van der Waals surface area contributed by atoms with E-state index in [0.717, 1.165) is 0 Å². The molecule has 0 aliphatic carbocycles. The number of carbonyl (C=O) groups is 4. The molecule has 1 atom stereocenters. The molecule has 0 radical (unpaired) electrons. The average molecular weight is 473 g/mol. The van der Waals surface area contributed by atoms with Gasteiger partial charge < -0.3 is 25.8 Å². The van der Waals surface area contributed by atoms with Gasteiger partial charge in [0.15, 0.2) is 17.3 Å². The number of Topliss-reactive ketones (excluding diaryl/α,β-unsaturated/α-hetero) is 1. The highest BCUT2D eigenvalue weighted by Gasteiger charge is 2.30. The monoisotopic (exact) mass is 473 g/mol. The van der Waals surface area contributed by atoms with Crippen LogP contribution in [0.1, 0.15) is 27.1 Å². The Bertz CT molecular complexity index is 1260. The van der Waals surface area contributed by atoms with Crippen LogP contribution in [0.25, 0.3) is 0 Å². The quantitative estimate of drug-likeness (QED) is 0.340. The molecule has 3 amide bonds. The fraction of sp³-hybridized carbons (Fsp3) is 0.154. The van der Waals surface area contributed by atoms with Crippen LogP contribution in [-0.2, 0) is 9.59 Å². The summed E-state index contributed by atoms with van der Waals surface area (Å²) in [5, 5.41) is 5.35. The number of primary amides is 1. The standard InChI is InChI=1S/C26H23N3O6/c27-25(32)17-6-8-18(9-7-17)28-23(30)15-20(24(31)16-4-2-1-3-5-16)26(33)29-19-10-11-21-22(14-19)35-13-12-34-21/h1-11,14,20H,12-13,15H2,(H2,27,32)(H,28,30)(H,29,33)/t20-/m0/s1. The molecule has 0 spiro atoms. The molecule has 3 aromatic carbocycles. The molecule has 0 saturated carbocycles. The van der Waals surface area contributed by atoms with E-state index in [9.17, 15) is 19.2 Å². The van der Waals surface area contributed by atoms with Crippen LogP contribution in [0.2, 0.25) is 0 Å². The second-order valence-corrected chi connectivity index (χ2v) is 7.82. The summed E-state index contributed by atoms with van der Waals surface area (Å²) >= 11 is 0. The van der Waals surface area contributed by atoms with Crippen LogP contribution in [0.4, 0.5) is 11.4 Å². The number of anilines is 2. The van der Waals surface area contributed by atoms with Gasteiger partial charge in [-0.1, -0.05) is 30.3 Å². The van der Waals surface area contributed by atoms with Gasteiger partial charge in [0.05, 0.1) is 0 Å². The fourth-order valence-corrected chi connectivity index (χ4v) is 3.57. The Balaban J connectivity index is 1.51. The molecule has 0 bridgehead atoms. The third kappa shape index (κ3) is 5.83. The summed E-state index contributed by atoms with van der Waals surface area (Å²) in [6.07, 6.45) is -0.387. The highest BCUT2D eigenvalue weighted by molar-refractivity contribution is 6.16. The maximum absolute atomic E-state index is 13.2. The number of amides is 3. The summed E-state index contributed by atoms with van der Waals surface area (Å²) < 4.78 is 11.0. The topological polar surface area (TPSA) is 137 Å². The SMILES string of the molecule is NC(=O)c1ccc(NC(=O)C[C@H](C(=O)Nc2ccc3c(c2)OCCO3)C(=O)c2ccccc2)cc1. The molecule has 0 aromatic heterocycles. The second kappa shape index (κ2) is 10.5. The molecule has 35 heavy (non-hydrogen) atoms. The van der Waals surface area contributed by atoms with Crippen molar-refractivity contribution in [3.8, 4) is 11.5 Å². The normalized spacial score (nSPS) is 12.8. The smallest absolute Gasteiger partial charge is 0.248 e. The molecule has 1 heterocycles. The van der Waals surface area contributed by atoms with E-state index in [1.807, 2.05) is 0 Å². The van der Waals surface area contributed by atoms with Crippen LogP contribution in [0.15, 0.2) is 72.8 Å². The van der Waals surface area contributed by atoms with Crippen molar-refractivity contribution in [1.29, 1.82) is 0 Å². The van der Waals surface area contributed by atoms with E-state index in [4.69, 9.17) is 15.2 Å². The lowest BCUT2D eigenvalue weighted by molar-refractivity contribution is -0.123. The third-order valence-corrected chi connectivity index (χ3v) is 5.34. The predicted molar refractivity (Wildman–Crippen MR) is 129 cm³/mol. The number of benzene rings is 3. The van der Waals surface area contributed by atoms with Gasteiger partial charge in [-0.2, -0.15) is 0 Å². The molecule has 0 saturated heterocycles. The van der Waals surface area contributed by atoms with E-state index in [2.05, 4.69) is 10.6 Å². The minimum Gasteiger partial charge on any atom is -0.486 e. The lowest BCUT2D eigenvalue weighted by Crippen LogP contribution is -2.33. The Labute approximate surface area is 201 Å². The lowest BCUT2D eigenvalue weighted by Gasteiger charge is -2.20. The van der Waals surface area contributed by atoms with Gasteiger partial charge in [0.2, 0.25) is 17.7 Å². The minimum atomic E-state index is -1.28. The van der Waals surface area contributed by atoms with Crippen molar-refractivity contribution in [2.45, 2.75) is 6.42 Å². The zero-order valence-corrected chi connectivity index (χ0v) is 18.7. The van der Waals surface area contributed by atoms with E-state index in [0.29, 0.717) is 47.2 Å². The van der Waals surface area contributed by atoms with Gasteiger partial charge >= 0.3 is 0 Å². The van der Waals surface area contributed by atoms with Crippen LogP contribution >= 0.6 is 0 Å². The zero-order chi connectivity index (χ0) is 24.8. The molecule has 0 unspecified atom stereocenters. The van der Waals surface area contributed by atoms with Gasteiger partial charge in [0, 0.05) is 35.0 Å². The number of carbonyl (C=O) groups excluding carboxylic acids is 4. The summed E-state index contributed by atoms with van der Waals surface area (Å²) in [4.78, 5) is 50.3. The van der Waals surface area contributed by atoms with Gasteiger partial charge in [-0.3, -0.25) is 19.2 Å². The molecule has 9 heteroatoms. The van der Waals surface area contributed by atoms with Gasteiger partial charge in [0.25, 0.3) is 0 Å². The number of nitrogens with one attached hydrogen (secondary N) is 2. The van der Waals surface area contributed by atoms with Crippen LogP contribution < -0.4 is 25.8 Å². The molecule has 178 valence electrons. The largest absolute Gasteiger partial charge is 0.486 e. The third-order valence-electron chi connectivity index (χ3n) is 5.34. The summed E-state index contributed by atoms with van der Waals surface area (Å²) in [5.74, 6) is -2.48. The van der Waals surface area contributed by atoms with Gasteiger partial charge in [-0.15, -0.1) is 0 Å². The molecule has 1 aliphatic heterocycles. The number of hydrogen-bond donors (Lipinski definition) is 3. The van der Waals surface area contributed by atoms with E-state index < -0.39 is 29.4 Å². The summed E-state index contributed by atoms with van der Waals surface area (Å²) in [6, 6.07) is 19.2. The number of fused-ring (bicyclic) bond motifs is 1. The van der Waals surface area contributed by atoms with Crippen molar-refractivity contribution in [2.75, 3.05) is 23.8 Å². The van der Waals surface area contributed by atoms with Crippen LogP contribution in [0, 0.1) is 5.92 Å². The molecule has 4 rings (SSSR count). The van der Waals surface area contributed by atoms with Crippen molar-refractivity contribution in [3.63, 3.8) is 0 Å². The van der Waals surface area contributed by atoms with Crippen LogP contribution in [0.3, 0.4) is 0 Å². The predicted octanol–water partition coefficient (Wildman–Crippen LogP) is 3.02. The molecule has 0 fully saturated rings. The first-order chi connectivity index (χ1) is 16.9. The van der Waals surface area contributed by atoms with Gasteiger partial charge in [0.1, 0.15) is 19.1 Å². The van der Waals surface area contributed by atoms with Crippen LogP contribution in [0.5, 0.6) is 11.5 Å². The van der Waals surface area contributed by atoms with Crippen molar-refractivity contribution in [1.82, 2.24) is 0 Å². The molecular formula is C26H23N3O6. The van der Waals surface area contributed by atoms with E-state index in [-0.39, 0.29) is 6.42 Å². The van der Waals surface area contributed by atoms with Crippen molar-refractivity contribution in [3.05, 3.63) is 83.9 Å². The second-order valence-electron chi connectivity index (χ2n) is 7.82. The number of ether oxygens (including phenoxy) is 2. The lowest BCUT2D eigenvalue weighted by atomic mass is 9.93. The Morgan fingerprint density at radius 3 is 2.11 bits per heavy atom. The highest BCUT2D eigenvalue weighted by Crippen LogP contribution is 2.33. The summed E-state index contributed by atoms with van der Waals surface area (Å²) in [5.41, 5.74) is 6.65.